The Labute approximate surface area is 209 Å². The minimum Gasteiger partial charge on any atom is -0.206 e. The normalized spacial score (nSPS) is 12.4. The maximum absolute atomic E-state index is 14.8. The summed E-state index contributed by atoms with van der Waals surface area (Å²) in [7, 11) is 0. The van der Waals surface area contributed by atoms with Crippen molar-refractivity contribution in [3.63, 3.8) is 0 Å². The van der Waals surface area contributed by atoms with Crippen LogP contribution < -0.4 is 0 Å². The highest BCUT2D eigenvalue weighted by Gasteiger charge is 2.08. The summed E-state index contributed by atoms with van der Waals surface area (Å²) < 4.78 is 14.8. The van der Waals surface area contributed by atoms with Gasteiger partial charge in [-0.3, -0.25) is 0 Å². The summed E-state index contributed by atoms with van der Waals surface area (Å²) in [6.45, 7) is 4.24. The van der Waals surface area contributed by atoms with Crippen LogP contribution in [0, 0.1) is 5.82 Å². The zero-order valence-corrected chi connectivity index (χ0v) is 20.6. The molecule has 0 amide bonds. The van der Waals surface area contributed by atoms with E-state index in [9.17, 15) is 4.39 Å². The van der Waals surface area contributed by atoms with E-state index in [1.807, 2.05) is 30.4 Å². The van der Waals surface area contributed by atoms with Crippen molar-refractivity contribution in [3.05, 3.63) is 143 Å². The third-order valence-electron chi connectivity index (χ3n) is 6.46. The average Bonchev–Trinajstić information content (AvgIpc) is 2.90. The number of hydrogen-bond acceptors (Lipinski definition) is 0. The molecule has 0 fully saturated rings. The first kappa shape index (κ1) is 24.4. The molecule has 4 aromatic carbocycles. The van der Waals surface area contributed by atoms with Crippen LogP contribution in [0.1, 0.15) is 54.0 Å². The summed E-state index contributed by atoms with van der Waals surface area (Å²) in [5.74, 6) is 0.176. The molecule has 0 aromatic heterocycles. The molecule has 176 valence electrons. The van der Waals surface area contributed by atoms with Crippen LogP contribution in [0.5, 0.6) is 0 Å². The smallest absolute Gasteiger partial charge is 0.130 e. The predicted molar refractivity (Wildman–Crippen MR) is 149 cm³/mol. The van der Waals surface area contributed by atoms with Crippen LogP contribution in [0.4, 0.5) is 4.39 Å². The van der Waals surface area contributed by atoms with Crippen molar-refractivity contribution >= 4 is 12.2 Å². The minimum atomic E-state index is -0.176. The van der Waals surface area contributed by atoms with Crippen molar-refractivity contribution in [2.24, 2.45) is 0 Å². The molecule has 4 rings (SSSR count). The van der Waals surface area contributed by atoms with Gasteiger partial charge in [-0.1, -0.05) is 122 Å². The predicted octanol–water partition coefficient (Wildman–Crippen LogP) is 9.52. The topological polar surface area (TPSA) is 0 Å². The molecule has 1 atom stereocenters. The lowest BCUT2D eigenvalue weighted by Gasteiger charge is -2.12. The van der Waals surface area contributed by atoms with E-state index >= 15 is 0 Å². The molecule has 0 aliphatic heterocycles. The number of benzene rings is 4. The molecular formula is C34H33F. The molecule has 0 saturated heterocycles. The fourth-order valence-electron chi connectivity index (χ4n) is 4.34. The van der Waals surface area contributed by atoms with Crippen molar-refractivity contribution in [2.75, 3.05) is 0 Å². The largest absolute Gasteiger partial charge is 0.206 e. The van der Waals surface area contributed by atoms with Gasteiger partial charge in [-0.25, -0.2) is 4.39 Å². The summed E-state index contributed by atoms with van der Waals surface area (Å²) in [4.78, 5) is 0. The number of halogens is 1. The van der Waals surface area contributed by atoms with Gasteiger partial charge < -0.3 is 0 Å². The third kappa shape index (κ3) is 6.90. The Morgan fingerprint density at radius 3 is 2.06 bits per heavy atom. The quantitative estimate of drug-likeness (QED) is 0.172. The second-order valence-corrected chi connectivity index (χ2v) is 9.13. The van der Waals surface area contributed by atoms with Crippen LogP contribution in [0.25, 0.3) is 23.3 Å². The lowest BCUT2D eigenvalue weighted by atomic mass is 9.93. The van der Waals surface area contributed by atoms with Gasteiger partial charge in [0.15, 0.2) is 0 Å². The highest BCUT2D eigenvalue weighted by molar-refractivity contribution is 5.72. The van der Waals surface area contributed by atoms with Crippen molar-refractivity contribution in [3.8, 4) is 11.1 Å². The molecule has 0 aliphatic carbocycles. The summed E-state index contributed by atoms with van der Waals surface area (Å²) >= 11 is 0. The van der Waals surface area contributed by atoms with Gasteiger partial charge in [0, 0.05) is 5.56 Å². The van der Waals surface area contributed by atoms with E-state index in [0.717, 1.165) is 30.4 Å². The Kier molecular flexibility index (Phi) is 8.46. The van der Waals surface area contributed by atoms with E-state index < -0.39 is 0 Å². The number of aryl methyl sites for hydroxylation is 1. The SMILES string of the molecule is CC=CCCc1ccc(-c2ccc(C=Cc3ccc(C[C@@H](C)c4ccccc4)cc3F)cc2)cc1. The Morgan fingerprint density at radius 2 is 1.40 bits per heavy atom. The summed E-state index contributed by atoms with van der Waals surface area (Å²) in [5.41, 5.74) is 7.71. The van der Waals surface area contributed by atoms with Gasteiger partial charge in [-0.2, -0.15) is 0 Å². The fraction of sp³-hybridized carbons (Fsp3) is 0.176. The molecular weight excluding hydrogens is 427 g/mol. The fourth-order valence-corrected chi connectivity index (χ4v) is 4.34. The van der Waals surface area contributed by atoms with E-state index in [4.69, 9.17) is 0 Å². The van der Waals surface area contributed by atoms with Gasteiger partial charge in [0.1, 0.15) is 5.82 Å². The number of rotatable bonds is 9. The highest BCUT2D eigenvalue weighted by Crippen LogP contribution is 2.24. The maximum atomic E-state index is 14.8. The molecule has 4 aromatic rings. The van der Waals surface area contributed by atoms with E-state index in [2.05, 4.69) is 98.8 Å². The molecule has 0 saturated carbocycles. The van der Waals surface area contributed by atoms with E-state index in [0.29, 0.717) is 11.5 Å². The number of allylic oxidation sites excluding steroid dienone is 2. The first-order chi connectivity index (χ1) is 17.1. The molecule has 1 heteroatoms. The van der Waals surface area contributed by atoms with Crippen molar-refractivity contribution in [1.82, 2.24) is 0 Å². The maximum Gasteiger partial charge on any atom is 0.130 e. The van der Waals surface area contributed by atoms with Crippen LogP contribution in [-0.4, -0.2) is 0 Å². The van der Waals surface area contributed by atoms with Gasteiger partial charge in [0.2, 0.25) is 0 Å². The van der Waals surface area contributed by atoms with E-state index in [1.165, 1.54) is 22.3 Å². The standard InChI is InChI=1S/C34H33F/c1-3-4-6-9-27-12-18-31(19-13-27)32-20-14-28(15-21-32)16-22-33-23-17-29(25-34(33)35)24-26(2)30-10-7-5-8-11-30/h3-5,7-8,10-23,25-26H,6,9,24H2,1-2H3/t26-/m1/s1. The molecule has 0 aliphatic rings. The van der Waals surface area contributed by atoms with Gasteiger partial charge in [-0.15, -0.1) is 0 Å². The molecule has 0 nitrogen and oxygen atoms in total. The van der Waals surface area contributed by atoms with Gasteiger partial charge >= 0.3 is 0 Å². The first-order valence-electron chi connectivity index (χ1n) is 12.4. The summed E-state index contributed by atoms with van der Waals surface area (Å²) in [6.07, 6.45) is 11.1. The molecule has 0 N–H and O–H groups in total. The van der Waals surface area contributed by atoms with Gasteiger partial charge in [0.25, 0.3) is 0 Å². The van der Waals surface area contributed by atoms with Crippen LogP contribution >= 0.6 is 0 Å². The number of hydrogen-bond donors (Lipinski definition) is 0. The van der Waals surface area contributed by atoms with Crippen LogP contribution in [0.2, 0.25) is 0 Å². The molecule has 0 unspecified atom stereocenters. The van der Waals surface area contributed by atoms with Crippen molar-refractivity contribution < 1.29 is 4.39 Å². The third-order valence-corrected chi connectivity index (χ3v) is 6.46. The van der Waals surface area contributed by atoms with Gasteiger partial charge in [0.05, 0.1) is 0 Å². The minimum absolute atomic E-state index is 0.176. The Morgan fingerprint density at radius 1 is 0.743 bits per heavy atom. The van der Waals surface area contributed by atoms with E-state index in [1.54, 1.807) is 6.07 Å². The van der Waals surface area contributed by atoms with Gasteiger partial charge in [-0.05, 0) is 71.6 Å². The molecule has 0 spiro atoms. The summed E-state index contributed by atoms with van der Waals surface area (Å²) in [6, 6.07) is 33.2. The second kappa shape index (κ2) is 12.1. The highest BCUT2D eigenvalue weighted by atomic mass is 19.1. The monoisotopic (exact) mass is 460 g/mol. The van der Waals surface area contributed by atoms with Crippen molar-refractivity contribution in [1.29, 1.82) is 0 Å². The van der Waals surface area contributed by atoms with Crippen LogP contribution in [0.3, 0.4) is 0 Å². The Balaban J connectivity index is 1.38. The average molecular weight is 461 g/mol. The molecule has 0 bridgehead atoms. The molecule has 0 heterocycles. The Hall–Kier alpha value is -3.71. The first-order valence-corrected chi connectivity index (χ1v) is 12.4. The zero-order valence-electron chi connectivity index (χ0n) is 20.6. The van der Waals surface area contributed by atoms with Crippen LogP contribution in [-0.2, 0) is 12.8 Å². The zero-order chi connectivity index (χ0) is 24.5. The lowest BCUT2D eigenvalue weighted by Crippen LogP contribution is -1.99. The second-order valence-electron chi connectivity index (χ2n) is 9.13. The molecule has 0 radical (unpaired) electrons. The molecule has 35 heavy (non-hydrogen) atoms. The lowest BCUT2D eigenvalue weighted by molar-refractivity contribution is 0.620. The van der Waals surface area contributed by atoms with Crippen LogP contribution in [0.15, 0.2) is 109 Å². The summed E-state index contributed by atoms with van der Waals surface area (Å²) in [5, 5.41) is 0. The van der Waals surface area contributed by atoms with E-state index in [-0.39, 0.29) is 5.82 Å². The van der Waals surface area contributed by atoms with Crippen molar-refractivity contribution in [2.45, 2.75) is 39.0 Å². The Bertz CT molecular complexity index is 1260.